The zero-order chi connectivity index (χ0) is 24.0. The van der Waals surface area contributed by atoms with Gasteiger partial charge in [0.1, 0.15) is 18.2 Å². The summed E-state index contributed by atoms with van der Waals surface area (Å²) in [6.45, 7) is 6.08. The van der Waals surface area contributed by atoms with E-state index in [0.29, 0.717) is 16.4 Å². The fourth-order valence-electron chi connectivity index (χ4n) is 3.50. The Morgan fingerprint density at radius 3 is 2.32 bits per heavy atom. The second-order valence-electron chi connectivity index (χ2n) is 8.77. The maximum Gasteiger partial charge on any atom is 0.416 e. The third-order valence-corrected chi connectivity index (χ3v) is 5.94. The number of alkyl halides is 3. The van der Waals surface area contributed by atoms with Crippen LogP contribution >= 0.6 is 35.6 Å². The molecule has 0 saturated carbocycles. The molecule has 0 saturated heterocycles. The first-order valence-corrected chi connectivity index (χ1v) is 11.0. The van der Waals surface area contributed by atoms with Crippen LogP contribution in [0, 0.1) is 0 Å². The van der Waals surface area contributed by atoms with Gasteiger partial charge in [-0.2, -0.15) is 13.2 Å². The molecule has 0 unspecified atom stereocenters. The molecule has 4 rings (SSSR count). The molecule has 0 spiro atoms. The topological polar surface area (TPSA) is 37.9 Å². The minimum atomic E-state index is -4.48. The Hall–Kier alpha value is -2.41. The van der Waals surface area contributed by atoms with Crippen molar-refractivity contribution in [3.05, 3.63) is 81.3 Å². The standard InChI is InChI=1S/C25H21Cl2F3N2O.ClH/c1-24(2,3)15-8-9-20-21(10-15)32-23(31-20)16-11-22(19(27)12-18(16)26)33-13-14-6-4-5-7-17(14)25(28,29)30;/h4-12H,13H2,1-3H3,(H,31,32);1H. The van der Waals surface area contributed by atoms with Gasteiger partial charge in [-0.3, -0.25) is 0 Å². The molecule has 0 amide bonds. The van der Waals surface area contributed by atoms with E-state index in [-0.39, 0.29) is 40.8 Å². The molecule has 0 fully saturated rings. The number of ether oxygens (including phenoxy) is 1. The van der Waals surface area contributed by atoms with Crippen molar-refractivity contribution in [2.45, 2.75) is 39.0 Å². The number of aromatic amines is 1. The Bertz CT molecular complexity index is 1330. The van der Waals surface area contributed by atoms with E-state index in [0.717, 1.165) is 22.7 Å². The summed E-state index contributed by atoms with van der Waals surface area (Å²) >= 11 is 12.7. The van der Waals surface area contributed by atoms with Crippen molar-refractivity contribution in [2.24, 2.45) is 0 Å². The summed E-state index contributed by atoms with van der Waals surface area (Å²) in [6, 6.07) is 14.4. The number of hydrogen-bond acceptors (Lipinski definition) is 2. The summed E-state index contributed by atoms with van der Waals surface area (Å²) in [6.07, 6.45) is -4.48. The smallest absolute Gasteiger partial charge is 0.416 e. The summed E-state index contributed by atoms with van der Waals surface area (Å²) in [5, 5.41) is 0.539. The molecule has 0 aliphatic rings. The zero-order valence-corrected chi connectivity index (χ0v) is 20.9. The van der Waals surface area contributed by atoms with Crippen molar-refractivity contribution in [3.8, 4) is 17.1 Å². The van der Waals surface area contributed by atoms with Crippen molar-refractivity contribution in [3.63, 3.8) is 0 Å². The molecule has 0 aliphatic heterocycles. The van der Waals surface area contributed by atoms with Crippen LogP contribution in [0.4, 0.5) is 13.2 Å². The highest BCUT2D eigenvalue weighted by Gasteiger charge is 2.33. The SMILES string of the molecule is CC(C)(C)c1ccc2nc(-c3cc(OCc4ccccc4C(F)(F)F)c(Cl)cc3Cl)[nH]c2c1.Cl. The van der Waals surface area contributed by atoms with Crippen LogP contribution in [0.15, 0.2) is 54.6 Å². The summed E-state index contributed by atoms with van der Waals surface area (Å²) in [5.74, 6) is 0.724. The Morgan fingerprint density at radius 1 is 0.941 bits per heavy atom. The molecule has 9 heteroatoms. The van der Waals surface area contributed by atoms with Gasteiger partial charge >= 0.3 is 6.18 Å². The Labute approximate surface area is 211 Å². The van der Waals surface area contributed by atoms with Crippen LogP contribution in [0.2, 0.25) is 10.0 Å². The van der Waals surface area contributed by atoms with Gasteiger partial charge in [0.2, 0.25) is 0 Å². The number of nitrogens with one attached hydrogen (secondary N) is 1. The monoisotopic (exact) mass is 528 g/mol. The lowest BCUT2D eigenvalue weighted by molar-refractivity contribution is -0.138. The molecule has 1 heterocycles. The number of fused-ring (bicyclic) bond motifs is 1. The van der Waals surface area contributed by atoms with Crippen LogP contribution in [0.3, 0.4) is 0 Å². The molecule has 0 radical (unpaired) electrons. The van der Waals surface area contributed by atoms with E-state index in [1.54, 1.807) is 6.07 Å². The molecule has 0 atom stereocenters. The largest absolute Gasteiger partial charge is 0.487 e. The second kappa shape index (κ2) is 9.68. The first-order chi connectivity index (χ1) is 15.4. The number of aromatic nitrogens is 2. The van der Waals surface area contributed by atoms with E-state index in [1.165, 1.54) is 24.3 Å². The molecule has 34 heavy (non-hydrogen) atoms. The minimum absolute atomic E-state index is 0. The van der Waals surface area contributed by atoms with Crippen molar-refractivity contribution < 1.29 is 17.9 Å². The van der Waals surface area contributed by atoms with Gasteiger partial charge in [0.25, 0.3) is 0 Å². The highest BCUT2D eigenvalue weighted by Crippen LogP contribution is 2.38. The van der Waals surface area contributed by atoms with Gasteiger partial charge in [-0.05, 0) is 41.3 Å². The van der Waals surface area contributed by atoms with Crippen LogP contribution in [-0.4, -0.2) is 9.97 Å². The van der Waals surface area contributed by atoms with Crippen LogP contribution in [-0.2, 0) is 18.2 Å². The van der Waals surface area contributed by atoms with Gasteiger partial charge in [0, 0.05) is 11.1 Å². The van der Waals surface area contributed by atoms with E-state index in [9.17, 15) is 13.2 Å². The van der Waals surface area contributed by atoms with E-state index < -0.39 is 11.7 Å². The zero-order valence-electron chi connectivity index (χ0n) is 18.6. The number of imidazole rings is 1. The number of rotatable bonds is 4. The summed E-state index contributed by atoms with van der Waals surface area (Å²) < 4.78 is 45.5. The first-order valence-electron chi connectivity index (χ1n) is 10.2. The predicted octanol–water partition coefficient (Wildman–Crippen LogP) is 8.85. The quantitative estimate of drug-likeness (QED) is 0.287. The van der Waals surface area contributed by atoms with Crippen LogP contribution < -0.4 is 4.74 Å². The second-order valence-corrected chi connectivity index (χ2v) is 9.59. The van der Waals surface area contributed by atoms with E-state index in [1.807, 2.05) is 18.2 Å². The highest BCUT2D eigenvalue weighted by atomic mass is 35.5. The van der Waals surface area contributed by atoms with Crippen LogP contribution in [0.5, 0.6) is 5.75 Å². The molecular formula is C25H22Cl3F3N2O. The average molecular weight is 530 g/mol. The van der Waals surface area contributed by atoms with E-state index in [4.69, 9.17) is 27.9 Å². The Kier molecular flexibility index (Phi) is 7.46. The molecule has 1 N–H and O–H groups in total. The van der Waals surface area contributed by atoms with Gasteiger partial charge in [-0.25, -0.2) is 4.98 Å². The lowest BCUT2D eigenvalue weighted by Crippen LogP contribution is -2.10. The lowest BCUT2D eigenvalue weighted by atomic mass is 9.87. The molecule has 3 aromatic carbocycles. The van der Waals surface area contributed by atoms with Crippen molar-refractivity contribution in [1.82, 2.24) is 9.97 Å². The highest BCUT2D eigenvalue weighted by molar-refractivity contribution is 6.37. The number of H-pyrrole nitrogens is 1. The van der Waals surface area contributed by atoms with Crippen molar-refractivity contribution in [2.75, 3.05) is 0 Å². The third kappa shape index (κ3) is 5.45. The molecule has 0 bridgehead atoms. The number of halogens is 6. The molecule has 4 aromatic rings. The predicted molar refractivity (Wildman–Crippen MR) is 133 cm³/mol. The fraction of sp³-hybridized carbons (Fsp3) is 0.240. The molecule has 3 nitrogen and oxygen atoms in total. The molecule has 1 aromatic heterocycles. The fourth-order valence-corrected chi connectivity index (χ4v) is 4.03. The van der Waals surface area contributed by atoms with Gasteiger partial charge in [-0.1, -0.05) is 68.2 Å². The van der Waals surface area contributed by atoms with Crippen molar-refractivity contribution >= 4 is 46.6 Å². The number of hydrogen-bond donors (Lipinski definition) is 1. The maximum absolute atomic E-state index is 13.3. The van der Waals surface area contributed by atoms with E-state index in [2.05, 4.69) is 30.7 Å². The normalized spacial score (nSPS) is 12.0. The van der Waals surface area contributed by atoms with Gasteiger partial charge in [0.05, 0.1) is 26.6 Å². The minimum Gasteiger partial charge on any atom is -0.487 e. The van der Waals surface area contributed by atoms with Crippen molar-refractivity contribution in [1.29, 1.82) is 0 Å². The lowest BCUT2D eigenvalue weighted by Gasteiger charge is -2.18. The Balaban J connectivity index is 0.00000324. The van der Waals surface area contributed by atoms with Gasteiger partial charge < -0.3 is 9.72 Å². The first kappa shape index (κ1) is 26.2. The summed E-state index contributed by atoms with van der Waals surface area (Å²) in [4.78, 5) is 7.89. The molecule has 180 valence electrons. The van der Waals surface area contributed by atoms with Crippen LogP contribution in [0.1, 0.15) is 37.5 Å². The maximum atomic E-state index is 13.3. The van der Waals surface area contributed by atoms with Gasteiger partial charge in [-0.15, -0.1) is 12.4 Å². The Morgan fingerprint density at radius 2 is 1.65 bits per heavy atom. The number of benzene rings is 3. The van der Waals surface area contributed by atoms with Crippen LogP contribution in [0.25, 0.3) is 22.4 Å². The molecule has 0 aliphatic carbocycles. The third-order valence-electron chi connectivity index (χ3n) is 5.33. The average Bonchev–Trinajstić information content (AvgIpc) is 3.15. The summed E-state index contributed by atoms with van der Waals surface area (Å²) in [7, 11) is 0. The molecular weight excluding hydrogens is 508 g/mol. The van der Waals surface area contributed by atoms with Gasteiger partial charge in [0.15, 0.2) is 0 Å². The summed E-state index contributed by atoms with van der Waals surface area (Å²) in [5.41, 5.74) is 2.55. The number of nitrogens with zero attached hydrogens (tertiary/aromatic N) is 1. The van der Waals surface area contributed by atoms with E-state index >= 15 is 0 Å².